The Kier molecular flexibility index (Phi) is 5.12. The van der Waals surface area contributed by atoms with E-state index < -0.39 is 0 Å². The molecule has 0 saturated carbocycles. The minimum atomic E-state index is -0.284. The fourth-order valence-electron chi connectivity index (χ4n) is 4.29. The van der Waals surface area contributed by atoms with Crippen LogP contribution in [0.5, 0.6) is 0 Å². The minimum absolute atomic E-state index is 0.214. The zero-order valence-electron chi connectivity index (χ0n) is 16.9. The number of carbonyl (C=O) groups excluding carboxylic acids is 1. The molecule has 0 atom stereocenters. The highest BCUT2D eigenvalue weighted by Gasteiger charge is 2.26. The summed E-state index contributed by atoms with van der Waals surface area (Å²) >= 11 is 1.55. The smallest absolute Gasteiger partial charge is 0.278 e. The maximum atomic E-state index is 13.4. The van der Waals surface area contributed by atoms with Crippen molar-refractivity contribution < 1.29 is 9.18 Å². The van der Waals surface area contributed by atoms with Crippen LogP contribution in [0.3, 0.4) is 0 Å². The second-order valence-corrected chi connectivity index (χ2v) is 9.14. The molecule has 1 amide bonds. The summed E-state index contributed by atoms with van der Waals surface area (Å²) in [5.74, 6) is -0.498. The van der Waals surface area contributed by atoms with Crippen molar-refractivity contribution in [3.8, 4) is 5.69 Å². The summed E-state index contributed by atoms with van der Waals surface area (Å²) in [6.07, 6.45) is 5.84. The number of nitrogens with one attached hydrogen (secondary N) is 1. The van der Waals surface area contributed by atoms with Gasteiger partial charge >= 0.3 is 0 Å². The van der Waals surface area contributed by atoms with Crippen molar-refractivity contribution >= 4 is 22.4 Å². The van der Waals surface area contributed by atoms with Crippen LogP contribution in [0.15, 0.2) is 24.3 Å². The molecule has 2 aromatic heterocycles. The van der Waals surface area contributed by atoms with E-state index in [4.69, 9.17) is 0 Å². The average molecular weight is 426 g/mol. The lowest BCUT2D eigenvalue weighted by Gasteiger charge is -2.20. The second-order valence-electron chi connectivity index (χ2n) is 8.05. The molecule has 0 bridgehead atoms. The lowest BCUT2D eigenvalue weighted by molar-refractivity contribution is 0.102. The molecule has 6 nitrogen and oxygen atoms in total. The van der Waals surface area contributed by atoms with E-state index in [9.17, 15) is 9.18 Å². The third kappa shape index (κ3) is 3.65. The number of fused-ring (bicyclic) bond motifs is 2. The Labute approximate surface area is 178 Å². The van der Waals surface area contributed by atoms with E-state index >= 15 is 0 Å². The topological polar surface area (TPSA) is 63.1 Å². The molecule has 1 N–H and O–H groups in total. The number of likely N-dealkylation sites (N-methyl/N-ethyl adjacent to an activating group) is 1. The zero-order chi connectivity index (χ0) is 20.7. The number of benzene rings is 1. The van der Waals surface area contributed by atoms with Crippen LogP contribution in [0, 0.1) is 5.82 Å². The number of thiazole rings is 1. The first-order chi connectivity index (χ1) is 14.6. The fourth-order valence-corrected chi connectivity index (χ4v) is 5.37. The van der Waals surface area contributed by atoms with Crippen LogP contribution in [0.4, 0.5) is 9.52 Å². The van der Waals surface area contributed by atoms with E-state index in [-0.39, 0.29) is 11.7 Å². The summed E-state index contributed by atoms with van der Waals surface area (Å²) in [6, 6.07) is 6.27. The van der Waals surface area contributed by atoms with Crippen LogP contribution in [-0.4, -0.2) is 39.2 Å². The number of nitrogens with zero attached hydrogens (tertiary/aromatic N) is 4. The first-order valence-electron chi connectivity index (χ1n) is 10.4. The zero-order valence-corrected chi connectivity index (χ0v) is 17.8. The van der Waals surface area contributed by atoms with E-state index in [0.29, 0.717) is 10.8 Å². The van der Waals surface area contributed by atoms with Gasteiger partial charge in [-0.25, -0.2) is 14.1 Å². The molecule has 1 aliphatic carbocycles. The van der Waals surface area contributed by atoms with E-state index in [1.165, 1.54) is 17.0 Å². The Morgan fingerprint density at radius 2 is 1.93 bits per heavy atom. The van der Waals surface area contributed by atoms with Gasteiger partial charge in [0.25, 0.3) is 5.91 Å². The predicted molar refractivity (Wildman–Crippen MR) is 115 cm³/mol. The maximum absolute atomic E-state index is 13.4. The van der Waals surface area contributed by atoms with E-state index in [1.807, 2.05) is 4.68 Å². The van der Waals surface area contributed by atoms with Crippen LogP contribution < -0.4 is 5.32 Å². The van der Waals surface area contributed by atoms with Crippen LogP contribution in [-0.2, 0) is 25.8 Å². The van der Waals surface area contributed by atoms with E-state index in [0.717, 1.165) is 74.3 Å². The molecule has 3 aromatic rings. The monoisotopic (exact) mass is 425 g/mol. The van der Waals surface area contributed by atoms with Gasteiger partial charge in [-0.1, -0.05) is 6.42 Å². The normalized spacial score (nSPS) is 16.6. The number of anilines is 1. The van der Waals surface area contributed by atoms with Gasteiger partial charge < -0.3 is 4.90 Å². The molecule has 0 saturated heterocycles. The van der Waals surface area contributed by atoms with Gasteiger partial charge in [0.1, 0.15) is 5.82 Å². The molecular formula is C22H24FN5OS. The number of hydrogen-bond donors (Lipinski definition) is 1. The van der Waals surface area contributed by atoms with Gasteiger partial charge in [0.05, 0.1) is 11.4 Å². The molecule has 2 aliphatic rings. The molecule has 5 rings (SSSR count). The number of halogens is 1. The molecule has 0 radical (unpaired) electrons. The van der Waals surface area contributed by atoms with Crippen molar-refractivity contribution in [3.63, 3.8) is 0 Å². The Hall–Kier alpha value is -2.58. The van der Waals surface area contributed by atoms with Crippen LogP contribution in [0.25, 0.3) is 5.69 Å². The number of amides is 1. The van der Waals surface area contributed by atoms with Gasteiger partial charge in [0, 0.05) is 35.6 Å². The highest BCUT2D eigenvalue weighted by atomic mass is 32.1. The summed E-state index contributed by atoms with van der Waals surface area (Å²) in [4.78, 5) is 21.3. The highest BCUT2D eigenvalue weighted by molar-refractivity contribution is 7.15. The van der Waals surface area contributed by atoms with Crippen molar-refractivity contribution in [3.05, 3.63) is 57.6 Å². The summed E-state index contributed by atoms with van der Waals surface area (Å²) in [7, 11) is 2.10. The Morgan fingerprint density at radius 3 is 2.77 bits per heavy atom. The third-order valence-electron chi connectivity index (χ3n) is 5.86. The van der Waals surface area contributed by atoms with Crippen LogP contribution >= 0.6 is 11.3 Å². The molecule has 0 unspecified atom stereocenters. The summed E-state index contributed by atoms with van der Waals surface area (Å²) in [5, 5.41) is 8.30. The number of rotatable bonds is 3. The Morgan fingerprint density at radius 1 is 1.13 bits per heavy atom. The number of carbonyl (C=O) groups is 1. The largest absolute Gasteiger partial charge is 0.301 e. The fraction of sp³-hybridized carbons (Fsp3) is 0.409. The van der Waals surface area contributed by atoms with Crippen molar-refractivity contribution in [2.45, 2.75) is 45.1 Å². The van der Waals surface area contributed by atoms with Crippen LogP contribution in [0.1, 0.15) is 51.6 Å². The predicted octanol–water partition coefficient (Wildman–Crippen LogP) is 3.98. The SMILES string of the molecule is CN1CCc2nc(NC(=O)c3nn(-c4ccc(F)cc4)c4c3CCCCC4)sc2C1. The van der Waals surface area contributed by atoms with Crippen molar-refractivity contribution in [2.24, 2.45) is 0 Å². The van der Waals surface area contributed by atoms with Crippen LogP contribution in [0.2, 0.25) is 0 Å². The lowest BCUT2D eigenvalue weighted by atomic mass is 10.1. The van der Waals surface area contributed by atoms with E-state index in [1.54, 1.807) is 23.5 Å². The maximum Gasteiger partial charge on any atom is 0.278 e. The standard InChI is InChI=1S/C22H24FN5OS/c1-27-12-11-17-19(13-27)30-22(24-17)25-21(29)20-16-5-3-2-4-6-18(16)28(26-20)15-9-7-14(23)8-10-15/h7-10H,2-6,11-13H2,1H3,(H,24,25,29). The molecule has 8 heteroatoms. The molecule has 0 fully saturated rings. The van der Waals surface area contributed by atoms with Gasteiger partial charge in [0.15, 0.2) is 10.8 Å². The Bertz CT molecular complexity index is 1090. The molecule has 30 heavy (non-hydrogen) atoms. The second kappa shape index (κ2) is 7.92. The molecule has 1 aliphatic heterocycles. The van der Waals surface area contributed by atoms with Crippen molar-refractivity contribution in [1.82, 2.24) is 19.7 Å². The third-order valence-corrected chi connectivity index (χ3v) is 6.86. The van der Waals surface area contributed by atoms with Gasteiger partial charge in [-0.3, -0.25) is 10.1 Å². The summed E-state index contributed by atoms with van der Waals surface area (Å²) in [6.45, 7) is 1.86. The quantitative estimate of drug-likeness (QED) is 0.645. The number of hydrogen-bond acceptors (Lipinski definition) is 5. The molecule has 0 spiro atoms. The number of aromatic nitrogens is 3. The van der Waals surface area contributed by atoms with E-state index in [2.05, 4.69) is 27.3 Å². The summed E-state index contributed by atoms with van der Waals surface area (Å²) < 4.78 is 15.2. The van der Waals surface area contributed by atoms with Crippen molar-refractivity contribution in [1.29, 1.82) is 0 Å². The van der Waals surface area contributed by atoms with Gasteiger partial charge in [-0.15, -0.1) is 11.3 Å². The average Bonchev–Trinajstić information content (AvgIpc) is 3.20. The first-order valence-corrected chi connectivity index (χ1v) is 11.3. The Balaban J connectivity index is 1.47. The highest BCUT2D eigenvalue weighted by Crippen LogP contribution is 2.30. The first kappa shape index (κ1) is 19.4. The molecule has 3 heterocycles. The van der Waals surface area contributed by atoms with Gasteiger partial charge in [-0.2, -0.15) is 5.10 Å². The van der Waals surface area contributed by atoms with Gasteiger partial charge in [-0.05, 0) is 57.0 Å². The van der Waals surface area contributed by atoms with Crippen molar-refractivity contribution in [2.75, 3.05) is 18.9 Å². The molecule has 1 aromatic carbocycles. The lowest BCUT2D eigenvalue weighted by Crippen LogP contribution is -2.25. The molecule has 156 valence electrons. The molecular weight excluding hydrogens is 401 g/mol. The minimum Gasteiger partial charge on any atom is -0.301 e. The summed E-state index contributed by atoms with van der Waals surface area (Å²) in [5.41, 5.74) is 4.40. The van der Waals surface area contributed by atoms with Gasteiger partial charge in [0.2, 0.25) is 0 Å².